The molecule has 6 atom stereocenters. The maximum absolute atomic E-state index is 12.9. The Morgan fingerprint density at radius 3 is 1.33 bits per heavy atom. The standard InChI is InChI=1S/C24H38N2O4/c1-25-17-6-7-18(25)12-21(11-17)29-23(27)15-4-3-5-16(10-15)24(28)30-22-13-19-8-9-20(14-22)26(19)2/h15-22H,3-14H2,1-2H3. The first-order chi connectivity index (χ1) is 14.5. The van der Waals surface area contributed by atoms with Crippen LogP contribution in [0.25, 0.3) is 0 Å². The molecule has 0 amide bonds. The molecule has 4 bridgehead atoms. The minimum Gasteiger partial charge on any atom is -0.462 e. The van der Waals surface area contributed by atoms with Gasteiger partial charge in [0.05, 0.1) is 11.8 Å². The molecule has 4 aliphatic heterocycles. The molecule has 5 aliphatic rings. The second-order valence-corrected chi connectivity index (χ2v) is 10.7. The lowest BCUT2D eigenvalue weighted by Crippen LogP contribution is -2.44. The Morgan fingerprint density at radius 2 is 0.967 bits per heavy atom. The smallest absolute Gasteiger partial charge is 0.309 e. The van der Waals surface area contributed by atoms with E-state index in [0.29, 0.717) is 30.6 Å². The normalized spacial score (nSPS) is 44.1. The Kier molecular flexibility index (Phi) is 5.82. The maximum Gasteiger partial charge on any atom is 0.309 e. The molecule has 4 saturated heterocycles. The van der Waals surface area contributed by atoms with Crippen LogP contribution in [0.15, 0.2) is 0 Å². The summed E-state index contributed by atoms with van der Waals surface area (Å²) >= 11 is 0. The number of esters is 2. The average Bonchev–Trinajstić information content (AvgIpc) is 3.07. The quantitative estimate of drug-likeness (QED) is 0.654. The SMILES string of the molecule is CN1C2CCC1CC(OC(=O)C1CCCC(C(=O)OC3CC4CCC(C3)N4C)C1)C2. The fourth-order valence-corrected chi connectivity index (χ4v) is 7.05. The molecule has 1 aliphatic carbocycles. The van der Waals surface area contributed by atoms with Gasteiger partial charge < -0.3 is 19.3 Å². The van der Waals surface area contributed by atoms with Crippen molar-refractivity contribution < 1.29 is 19.1 Å². The van der Waals surface area contributed by atoms with Crippen LogP contribution in [0.3, 0.4) is 0 Å². The highest BCUT2D eigenvalue weighted by atomic mass is 16.5. The van der Waals surface area contributed by atoms with Gasteiger partial charge in [-0.25, -0.2) is 0 Å². The molecular weight excluding hydrogens is 380 g/mol. The Bertz CT molecular complexity index is 588. The monoisotopic (exact) mass is 418 g/mol. The van der Waals surface area contributed by atoms with Crippen LogP contribution < -0.4 is 0 Å². The van der Waals surface area contributed by atoms with Crippen LogP contribution >= 0.6 is 0 Å². The van der Waals surface area contributed by atoms with Crippen molar-refractivity contribution in [2.24, 2.45) is 11.8 Å². The molecule has 5 fully saturated rings. The van der Waals surface area contributed by atoms with E-state index in [1.165, 1.54) is 25.7 Å². The van der Waals surface area contributed by atoms with Gasteiger partial charge in [0.15, 0.2) is 0 Å². The third-order valence-electron chi connectivity index (χ3n) is 9.02. The van der Waals surface area contributed by atoms with Crippen LogP contribution in [-0.4, -0.2) is 72.2 Å². The van der Waals surface area contributed by atoms with E-state index in [9.17, 15) is 9.59 Å². The van der Waals surface area contributed by atoms with E-state index in [4.69, 9.17) is 9.47 Å². The van der Waals surface area contributed by atoms with E-state index >= 15 is 0 Å². The molecule has 168 valence electrons. The van der Waals surface area contributed by atoms with Gasteiger partial charge in [-0.3, -0.25) is 9.59 Å². The van der Waals surface area contributed by atoms with E-state index in [1.807, 2.05) is 0 Å². The molecule has 0 aromatic rings. The average molecular weight is 419 g/mol. The van der Waals surface area contributed by atoms with Crippen molar-refractivity contribution in [2.45, 2.75) is 113 Å². The summed E-state index contributed by atoms with van der Waals surface area (Å²) in [6.45, 7) is 0. The van der Waals surface area contributed by atoms with Crippen LogP contribution in [0.2, 0.25) is 0 Å². The lowest BCUT2D eigenvalue weighted by molar-refractivity contribution is -0.164. The predicted octanol–water partition coefficient (Wildman–Crippen LogP) is 3.13. The van der Waals surface area contributed by atoms with Crippen LogP contribution in [0.1, 0.15) is 77.0 Å². The summed E-state index contributed by atoms with van der Waals surface area (Å²) in [5, 5.41) is 0. The van der Waals surface area contributed by atoms with Gasteiger partial charge >= 0.3 is 11.9 Å². The molecule has 5 rings (SSSR count). The molecule has 1 saturated carbocycles. The molecule has 6 nitrogen and oxygen atoms in total. The van der Waals surface area contributed by atoms with Gasteiger partial charge in [-0.1, -0.05) is 6.42 Å². The summed E-state index contributed by atoms with van der Waals surface area (Å²) in [6, 6.07) is 2.28. The summed E-state index contributed by atoms with van der Waals surface area (Å²) in [4.78, 5) is 30.7. The van der Waals surface area contributed by atoms with Gasteiger partial charge in [-0.2, -0.15) is 0 Å². The lowest BCUT2D eigenvalue weighted by Gasteiger charge is -2.37. The highest BCUT2D eigenvalue weighted by Gasteiger charge is 2.43. The number of fused-ring (bicyclic) bond motifs is 4. The van der Waals surface area contributed by atoms with Crippen molar-refractivity contribution in [1.29, 1.82) is 0 Å². The Balaban J connectivity index is 1.11. The van der Waals surface area contributed by atoms with Gasteiger partial charge in [-0.15, -0.1) is 0 Å². The van der Waals surface area contributed by atoms with Crippen LogP contribution in [-0.2, 0) is 19.1 Å². The van der Waals surface area contributed by atoms with Crippen molar-refractivity contribution in [1.82, 2.24) is 9.80 Å². The van der Waals surface area contributed by atoms with E-state index in [1.54, 1.807) is 0 Å². The summed E-state index contributed by atoms with van der Waals surface area (Å²) in [7, 11) is 4.40. The number of ether oxygens (including phenoxy) is 2. The second kappa shape index (κ2) is 8.42. The Labute approximate surface area is 180 Å². The zero-order valence-electron chi connectivity index (χ0n) is 18.6. The number of hydrogen-bond donors (Lipinski definition) is 0. The topological polar surface area (TPSA) is 59.1 Å². The largest absolute Gasteiger partial charge is 0.462 e. The lowest BCUT2D eigenvalue weighted by atomic mass is 9.81. The van der Waals surface area contributed by atoms with E-state index in [0.717, 1.165) is 44.9 Å². The summed E-state index contributed by atoms with van der Waals surface area (Å²) in [6.07, 6.45) is 12.1. The zero-order valence-corrected chi connectivity index (χ0v) is 18.6. The van der Waals surface area contributed by atoms with Crippen LogP contribution in [0.4, 0.5) is 0 Å². The predicted molar refractivity (Wildman–Crippen MR) is 113 cm³/mol. The molecular formula is C24H38N2O4. The minimum absolute atomic E-state index is 0.0632. The van der Waals surface area contributed by atoms with Crippen molar-refractivity contribution in [2.75, 3.05) is 14.1 Å². The summed E-state index contributed by atoms with van der Waals surface area (Å²) < 4.78 is 11.9. The van der Waals surface area contributed by atoms with Crippen molar-refractivity contribution >= 4 is 11.9 Å². The molecule has 30 heavy (non-hydrogen) atoms. The maximum atomic E-state index is 12.9. The molecule has 0 aromatic heterocycles. The van der Waals surface area contributed by atoms with Crippen LogP contribution in [0.5, 0.6) is 0 Å². The molecule has 0 aromatic carbocycles. The molecule has 0 N–H and O–H groups in total. The van der Waals surface area contributed by atoms with Crippen LogP contribution in [0, 0.1) is 11.8 Å². The van der Waals surface area contributed by atoms with Crippen molar-refractivity contribution in [3.63, 3.8) is 0 Å². The van der Waals surface area contributed by atoms with Crippen molar-refractivity contribution in [3.8, 4) is 0 Å². The van der Waals surface area contributed by atoms with E-state index < -0.39 is 0 Å². The Hall–Kier alpha value is -1.14. The van der Waals surface area contributed by atoms with Gasteiger partial charge in [0.2, 0.25) is 0 Å². The highest BCUT2D eigenvalue weighted by molar-refractivity contribution is 5.76. The molecule has 4 heterocycles. The summed E-state index contributed by atoms with van der Waals surface area (Å²) in [5.41, 5.74) is 0. The van der Waals surface area contributed by atoms with Gasteiger partial charge in [-0.05, 0) is 84.7 Å². The second-order valence-electron chi connectivity index (χ2n) is 10.7. The first-order valence-electron chi connectivity index (χ1n) is 12.3. The molecule has 6 unspecified atom stereocenters. The number of hydrogen-bond acceptors (Lipinski definition) is 6. The fraction of sp³-hybridized carbons (Fsp3) is 0.917. The number of piperidine rings is 2. The van der Waals surface area contributed by atoms with E-state index in [-0.39, 0.29) is 36.0 Å². The third kappa shape index (κ3) is 4.02. The molecule has 0 spiro atoms. The summed E-state index contributed by atoms with van der Waals surface area (Å²) in [5.74, 6) is -0.415. The van der Waals surface area contributed by atoms with Gasteiger partial charge in [0.1, 0.15) is 12.2 Å². The first kappa shape index (κ1) is 20.7. The Morgan fingerprint density at radius 1 is 0.600 bits per heavy atom. The van der Waals surface area contributed by atoms with Gasteiger partial charge in [0, 0.05) is 24.2 Å². The molecule has 6 heteroatoms. The third-order valence-corrected chi connectivity index (χ3v) is 9.02. The van der Waals surface area contributed by atoms with Gasteiger partial charge in [0.25, 0.3) is 0 Å². The molecule has 0 radical (unpaired) electrons. The van der Waals surface area contributed by atoms with Crippen molar-refractivity contribution in [3.05, 3.63) is 0 Å². The van der Waals surface area contributed by atoms with E-state index in [2.05, 4.69) is 23.9 Å². The number of carbonyl (C=O) groups excluding carboxylic acids is 2. The fourth-order valence-electron chi connectivity index (χ4n) is 7.05. The number of rotatable bonds is 4. The highest BCUT2D eigenvalue weighted by Crippen LogP contribution is 2.39. The first-order valence-corrected chi connectivity index (χ1v) is 12.3. The minimum atomic E-state index is -0.137. The number of nitrogens with zero attached hydrogens (tertiary/aromatic N) is 2. The zero-order chi connectivity index (χ0) is 20.8. The number of carbonyl (C=O) groups is 2.